The minimum Gasteiger partial charge on any atom is -0.454 e. The maximum atomic E-state index is 6.22. The Labute approximate surface area is 144 Å². The molecule has 0 aliphatic carbocycles. The van der Waals surface area contributed by atoms with Gasteiger partial charge >= 0.3 is 0 Å². The molecule has 3 rings (SSSR count). The Morgan fingerprint density at radius 2 is 1.92 bits per heavy atom. The number of rotatable bonds is 5. The lowest BCUT2D eigenvalue weighted by Crippen LogP contribution is -2.41. The quantitative estimate of drug-likeness (QED) is 0.642. The van der Waals surface area contributed by atoms with Crippen molar-refractivity contribution in [2.24, 2.45) is 0 Å². The van der Waals surface area contributed by atoms with Crippen LogP contribution in [-0.4, -0.2) is 33.2 Å². The van der Waals surface area contributed by atoms with Gasteiger partial charge in [0.25, 0.3) is 0 Å². The van der Waals surface area contributed by atoms with Crippen molar-refractivity contribution >= 4 is 24.9 Å². The summed E-state index contributed by atoms with van der Waals surface area (Å²) in [5.41, 5.74) is 1.94. The van der Waals surface area contributed by atoms with E-state index in [0.717, 1.165) is 34.6 Å². The maximum Gasteiger partial charge on any atom is 0.231 e. The molecular formula is C18H26N2O3Si. The monoisotopic (exact) mass is 346 g/mol. The Morgan fingerprint density at radius 1 is 1.21 bits per heavy atom. The first-order valence-electron chi connectivity index (χ1n) is 8.34. The average Bonchev–Trinajstić information content (AvgIpc) is 2.95. The van der Waals surface area contributed by atoms with Gasteiger partial charge in [0.05, 0.1) is 12.1 Å². The number of aromatic nitrogens is 1. The fraction of sp³-hybridized carbons (Fsp3) is 0.500. The molecule has 24 heavy (non-hydrogen) atoms. The number of nitrogens with zero attached hydrogens (tertiary/aromatic N) is 1. The third kappa shape index (κ3) is 3.35. The van der Waals surface area contributed by atoms with Crippen molar-refractivity contribution < 1.29 is 13.9 Å². The van der Waals surface area contributed by atoms with Crippen LogP contribution in [0.25, 0.3) is 10.9 Å². The minimum atomic E-state index is -1.70. The predicted octanol–water partition coefficient (Wildman–Crippen LogP) is 4.40. The van der Waals surface area contributed by atoms with E-state index in [-0.39, 0.29) is 11.8 Å². The number of fused-ring (bicyclic) bond motifs is 2. The molecule has 0 saturated heterocycles. The molecule has 1 aliphatic heterocycles. The van der Waals surface area contributed by atoms with Gasteiger partial charge in [0.15, 0.2) is 19.8 Å². The topological polar surface area (TPSA) is 52.6 Å². The summed E-state index contributed by atoms with van der Waals surface area (Å²) >= 11 is 0. The molecule has 2 aromatic rings. The molecule has 0 fully saturated rings. The van der Waals surface area contributed by atoms with Crippen LogP contribution in [-0.2, 0) is 4.43 Å². The number of benzene rings is 1. The fourth-order valence-corrected chi connectivity index (χ4v) is 3.44. The predicted molar refractivity (Wildman–Crippen MR) is 99.5 cm³/mol. The second kappa shape index (κ2) is 6.26. The van der Waals surface area contributed by atoms with E-state index in [1.807, 2.05) is 24.4 Å². The van der Waals surface area contributed by atoms with Gasteiger partial charge in [-0.05, 0) is 30.3 Å². The summed E-state index contributed by atoms with van der Waals surface area (Å²) < 4.78 is 17.1. The molecule has 0 saturated carbocycles. The minimum absolute atomic E-state index is 0.230. The SMILES string of the molecule is CC(C)(C)[Si](C)(C)OCCNc1ccnc2cc3c(cc12)OCO3. The summed E-state index contributed by atoms with van der Waals surface area (Å²) in [5.74, 6) is 1.53. The molecule has 0 radical (unpaired) electrons. The van der Waals surface area contributed by atoms with E-state index in [9.17, 15) is 0 Å². The van der Waals surface area contributed by atoms with Crippen LogP contribution >= 0.6 is 0 Å². The molecule has 6 heteroatoms. The van der Waals surface area contributed by atoms with E-state index in [4.69, 9.17) is 13.9 Å². The van der Waals surface area contributed by atoms with Crippen molar-refractivity contribution in [3.63, 3.8) is 0 Å². The summed E-state index contributed by atoms with van der Waals surface area (Å²) in [5, 5.41) is 4.73. The molecule has 1 aromatic heterocycles. The van der Waals surface area contributed by atoms with Crippen LogP contribution in [0, 0.1) is 0 Å². The molecule has 1 aliphatic rings. The number of nitrogens with one attached hydrogen (secondary N) is 1. The summed E-state index contributed by atoms with van der Waals surface area (Å²) in [7, 11) is -1.70. The van der Waals surface area contributed by atoms with Gasteiger partial charge in [-0.2, -0.15) is 0 Å². The molecule has 130 valence electrons. The number of hydrogen-bond acceptors (Lipinski definition) is 5. The lowest BCUT2D eigenvalue weighted by atomic mass is 10.1. The zero-order chi connectivity index (χ0) is 17.4. The molecule has 1 N–H and O–H groups in total. The fourth-order valence-electron chi connectivity index (χ4n) is 2.40. The molecule has 0 amide bonds. The van der Waals surface area contributed by atoms with Crippen molar-refractivity contribution in [1.29, 1.82) is 0 Å². The van der Waals surface area contributed by atoms with Crippen molar-refractivity contribution in [3.8, 4) is 11.5 Å². The van der Waals surface area contributed by atoms with E-state index >= 15 is 0 Å². The van der Waals surface area contributed by atoms with Gasteiger partial charge in [-0.25, -0.2) is 0 Å². The summed E-state index contributed by atoms with van der Waals surface area (Å²) in [6, 6.07) is 5.90. The van der Waals surface area contributed by atoms with Crippen molar-refractivity contribution in [3.05, 3.63) is 24.4 Å². The first-order chi connectivity index (χ1) is 11.3. The number of hydrogen-bond donors (Lipinski definition) is 1. The summed E-state index contributed by atoms with van der Waals surface area (Å²) in [4.78, 5) is 4.42. The van der Waals surface area contributed by atoms with Crippen LogP contribution in [0.15, 0.2) is 24.4 Å². The second-order valence-electron chi connectivity index (χ2n) is 7.62. The smallest absolute Gasteiger partial charge is 0.231 e. The van der Waals surface area contributed by atoms with E-state index in [0.29, 0.717) is 6.61 Å². The Kier molecular flexibility index (Phi) is 4.44. The molecule has 0 spiro atoms. The zero-order valence-corrected chi connectivity index (χ0v) is 16.1. The molecular weight excluding hydrogens is 320 g/mol. The number of pyridine rings is 1. The normalized spacial score (nSPS) is 14.2. The maximum absolute atomic E-state index is 6.22. The number of anilines is 1. The van der Waals surface area contributed by atoms with E-state index < -0.39 is 8.32 Å². The molecule has 1 aromatic carbocycles. The highest BCUT2D eigenvalue weighted by Gasteiger charge is 2.36. The molecule has 0 bridgehead atoms. The molecule has 0 atom stereocenters. The van der Waals surface area contributed by atoms with Crippen LogP contribution in [0.3, 0.4) is 0 Å². The van der Waals surface area contributed by atoms with Gasteiger partial charge < -0.3 is 19.2 Å². The van der Waals surface area contributed by atoms with Crippen LogP contribution in [0.4, 0.5) is 5.69 Å². The van der Waals surface area contributed by atoms with Gasteiger partial charge in [0, 0.05) is 29.9 Å². The van der Waals surface area contributed by atoms with Gasteiger partial charge in [-0.1, -0.05) is 20.8 Å². The largest absolute Gasteiger partial charge is 0.454 e. The third-order valence-electron chi connectivity index (χ3n) is 4.92. The van der Waals surface area contributed by atoms with Crippen molar-refractivity contribution in [2.75, 3.05) is 25.3 Å². The molecule has 0 unspecified atom stereocenters. The Hall–Kier alpha value is -1.79. The van der Waals surface area contributed by atoms with Crippen LogP contribution in [0.2, 0.25) is 18.1 Å². The third-order valence-corrected chi connectivity index (χ3v) is 9.46. The van der Waals surface area contributed by atoms with Gasteiger partial charge in [0.1, 0.15) is 0 Å². The van der Waals surface area contributed by atoms with Gasteiger partial charge in [0.2, 0.25) is 6.79 Å². The van der Waals surface area contributed by atoms with E-state index in [1.54, 1.807) is 0 Å². The van der Waals surface area contributed by atoms with Crippen molar-refractivity contribution in [2.45, 2.75) is 38.9 Å². The van der Waals surface area contributed by atoms with Crippen LogP contribution in [0.5, 0.6) is 11.5 Å². The standard InChI is InChI=1S/C18H26N2O3Si/c1-18(2,3)24(4,5)23-9-8-20-14-6-7-19-15-11-17-16(10-13(14)15)21-12-22-17/h6-7,10-11H,8-9,12H2,1-5H3,(H,19,20). The first-order valence-corrected chi connectivity index (χ1v) is 11.2. The van der Waals surface area contributed by atoms with E-state index in [2.05, 4.69) is 44.2 Å². The summed E-state index contributed by atoms with van der Waals surface area (Å²) in [6.45, 7) is 13.0. The first kappa shape index (κ1) is 17.0. The van der Waals surface area contributed by atoms with Crippen molar-refractivity contribution in [1.82, 2.24) is 4.98 Å². The Bertz CT molecular complexity index is 741. The van der Waals surface area contributed by atoms with Gasteiger partial charge in [-0.3, -0.25) is 4.98 Å². The average molecular weight is 347 g/mol. The Balaban J connectivity index is 1.68. The lowest BCUT2D eigenvalue weighted by Gasteiger charge is -2.36. The highest BCUT2D eigenvalue weighted by atomic mass is 28.4. The Morgan fingerprint density at radius 3 is 2.62 bits per heavy atom. The second-order valence-corrected chi connectivity index (χ2v) is 12.4. The zero-order valence-electron chi connectivity index (χ0n) is 15.1. The van der Waals surface area contributed by atoms with Gasteiger partial charge in [-0.15, -0.1) is 0 Å². The number of ether oxygens (including phenoxy) is 2. The van der Waals surface area contributed by atoms with E-state index in [1.165, 1.54) is 0 Å². The highest BCUT2D eigenvalue weighted by Crippen LogP contribution is 2.38. The van der Waals surface area contributed by atoms with Crippen LogP contribution in [0.1, 0.15) is 20.8 Å². The lowest BCUT2D eigenvalue weighted by molar-refractivity contribution is 0.174. The van der Waals surface area contributed by atoms with Crippen LogP contribution < -0.4 is 14.8 Å². The molecule has 2 heterocycles. The molecule has 5 nitrogen and oxygen atoms in total. The highest BCUT2D eigenvalue weighted by molar-refractivity contribution is 6.74. The summed E-state index contributed by atoms with van der Waals surface area (Å²) in [6.07, 6.45) is 1.81.